The van der Waals surface area contributed by atoms with Gasteiger partial charge in [0.05, 0.1) is 11.1 Å². The molecule has 1 aromatic heterocycles. The van der Waals surface area contributed by atoms with E-state index >= 15 is 0 Å². The molecule has 1 fully saturated rings. The molecule has 0 unspecified atom stereocenters. The topological polar surface area (TPSA) is 110 Å². The molecule has 4 rings (SSSR count). The minimum Gasteiger partial charge on any atom is -0.352 e. The average molecular weight is 368 g/mol. The van der Waals surface area contributed by atoms with Gasteiger partial charge in [-0.3, -0.25) is 19.3 Å². The summed E-state index contributed by atoms with van der Waals surface area (Å²) >= 11 is 0. The number of fused-ring (bicyclic) bond motifs is 1. The van der Waals surface area contributed by atoms with Crippen molar-refractivity contribution in [1.29, 1.82) is 0 Å². The Morgan fingerprint density at radius 3 is 2.52 bits per heavy atom. The van der Waals surface area contributed by atoms with Gasteiger partial charge in [-0.2, -0.15) is 4.80 Å². The zero-order valence-corrected chi connectivity index (χ0v) is 15.0. The van der Waals surface area contributed by atoms with E-state index in [2.05, 4.69) is 20.7 Å². The Bertz CT molecular complexity index is 869. The number of rotatable bonds is 7. The summed E-state index contributed by atoms with van der Waals surface area (Å²) in [7, 11) is 0. The van der Waals surface area contributed by atoms with Gasteiger partial charge in [-0.15, -0.1) is 10.2 Å². The summed E-state index contributed by atoms with van der Waals surface area (Å²) in [5.74, 6) is 0.189. The van der Waals surface area contributed by atoms with Gasteiger partial charge in [-0.1, -0.05) is 12.1 Å². The summed E-state index contributed by atoms with van der Waals surface area (Å²) in [6.45, 7) is 2.16. The highest BCUT2D eigenvalue weighted by atomic mass is 16.2. The van der Waals surface area contributed by atoms with E-state index in [1.807, 2.05) is 6.92 Å². The normalized spacial score (nSPS) is 17.1. The molecule has 0 spiro atoms. The number of hydrogen-bond acceptors (Lipinski definition) is 6. The third-order valence-electron chi connectivity index (χ3n) is 4.93. The van der Waals surface area contributed by atoms with Gasteiger partial charge in [-0.25, -0.2) is 0 Å². The highest BCUT2D eigenvalue weighted by Gasteiger charge is 2.35. The van der Waals surface area contributed by atoms with Gasteiger partial charge in [-0.05, 0) is 43.0 Å². The van der Waals surface area contributed by atoms with Gasteiger partial charge >= 0.3 is 0 Å². The molecule has 27 heavy (non-hydrogen) atoms. The van der Waals surface area contributed by atoms with Crippen molar-refractivity contribution >= 4 is 17.7 Å². The highest BCUT2D eigenvalue weighted by molar-refractivity contribution is 6.21. The number of imide groups is 1. The number of tetrazole rings is 1. The van der Waals surface area contributed by atoms with Crippen LogP contribution >= 0.6 is 0 Å². The molecule has 0 radical (unpaired) electrons. The Morgan fingerprint density at radius 2 is 1.89 bits per heavy atom. The first-order chi connectivity index (χ1) is 13.0. The van der Waals surface area contributed by atoms with Crippen LogP contribution in [0.4, 0.5) is 0 Å². The molecule has 9 nitrogen and oxygen atoms in total. The summed E-state index contributed by atoms with van der Waals surface area (Å²) < 4.78 is 0. The molecule has 2 aliphatic rings. The minimum absolute atomic E-state index is 0.00290. The summed E-state index contributed by atoms with van der Waals surface area (Å²) in [5.41, 5.74) is 0.834. The van der Waals surface area contributed by atoms with Crippen molar-refractivity contribution in [3.63, 3.8) is 0 Å². The maximum atomic E-state index is 12.3. The van der Waals surface area contributed by atoms with Crippen molar-refractivity contribution in [2.45, 2.75) is 38.8 Å². The molecule has 140 valence electrons. The van der Waals surface area contributed by atoms with E-state index in [0.29, 0.717) is 22.9 Å². The lowest BCUT2D eigenvalue weighted by Crippen LogP contribution is -2.36. The molecule has 1 atom stereocenters. The molecular weight excluding hydrogens is 348 g/mol. The maximum Gasteiger partial charge on any atom is 0.261 e. The molecule has 1 aliphatic heterocycles. The average Bonchev–Trinajstić information content (AvgIpc) is 3.37. The van der Waals surface area contributed by atoms with Crippen LogP contribution in [0, 0.1) is 5.92 Å². The van der Waals surface area contributed by atoms with E-state index in [1.54, 1.807) is 24.3 Å². The Labute approximate surface area is 155 Å². The monoisotopic (exact) mass is 368 g/mol. The Balaban J connectivity index is 1.32. The van der Waals surface area contributed by atoms with Crippen molar-refractivity contribution in [1.82, 2.24) is 30.4 Å². The number of nitrogens with one attached hydrogen (secondary N) is 1. The number of nitrogens with zero attached hydrogens (tertiary/aromatic N) is 5. The van der Waals surface area contributed by atoms with Gasteiger partial charge in [0.1, 0.15) is 6.54 Å². The van der Waals surface area contributed by atoms with Crippen molar-refractivity contribution < 1.29 is 14.4 Å². The predicted molar refractivity (Wildman–Crippen MR) is 93.7 cm³/mol. The second-order valence-corrected chi connectivity index (χ2v) is 6.99. The Kier molecular flexibility index (Phi) is 4.43. The maximum absolute atomic E-state index is 12.3. The molecule has 1 N–H and O–H groups in total. The number of amides is 3. The van der Waals surface area contributed by atoms with Crippen LogP contribution in [-0.4, -0.2) is 55.4 Å². The van der Waals surface area contributed by atoms with E-state index in [-0.39, 0.29) is 43.3 Å². The van der Waals surface area contributed by atoms with Gasteiger partial charge in [0.2, 0.25) is 5.91 Å². The number of aromatic nitrogens is 4. The molecule has 2 heterocycles. The highest BCUT2D eigenvalue weighted by Crippen LogP contribution is 2.32. The van der Waals surface area contributed by atoms with E-state index in [9.17, 15) is 14.4 Å². The quantitative estimate of drug-likeness (QED) is 0.710. The lowest BCUT2D eigenvalue weighted by molar-refractivity contribution is -0.122. The first kappa shape index (κ1) is 17.3. The number of benzene rings is 1. The minimum atomic E-state index is -0.309. The largest absolute Gasteiger partial charge is 0.352 e. The van der Waals surface area contributed by atoms with E-state index in [0.717, 1.165) is 12.8 Å². The van der Waals surface area contributed by atoms with Crippen molar-refractivity contribution in [2.75, 3.05) is 6.54 Å². The summed E-state index contributed by atoms with van der Waals surface area (Å²) in [4.78, 5) is 39.1. The van der Waals surface area contributed by atoms with Crippen LogP contribution in [-0.2, 0) is 17.8 Å². The van der Waals surface area contributed by atoms with Crippen LogP contribution in [0.1, 0.15) is 46.3 Å². The zero-order valence-electron chi connectivity index (χ0n) is 15.0. The van der Waals surface area contributed by atoms with Crippen LogP contribution in [0.5, 0.6) is 0 Å². The molecule has 1 aliphatic carbocycles. The van der Waals surface area contributed by atoms with Gasteiger partial charge in [0, 0.05) is 19.0 Å². The fourth-order valence-corrected chi connectivity index (χ4v) is 3.24. The predicted octanol–water partition coefficient (Wildman–Crippen LogP) is 0.427. The summed E-state index contributed by atoms with van der Waals surface area (Å²) in [6, 6.07) is 6.91. The van der Waals surface area contributed by atoms with E-state index < -0.39 is 0 Å². The molecule has 1 aromatic carbocycles. The molecule has 2 aromatic rings. The van der Waals surface area contributed by atoms with Gasteiger partial charge < -0.3 is 5.32 Å². The number of carbonyl (C=O) groups is 3. The van der Waals surface area contributed by atoms with Crippen molar-refractivity contribution in [3.8, 4) is 0 Å². The van der Waals surface area contributed by atoms with Crippen LogP contribution < -0.4 is 5.32 Å². The van der Waals surface area contributed by atoms with Crippen LogP contribution in [0.2, 0.25) is 0 Å². The SMILES string of the molecule is C[C@H](NC(=O)Cn1nnc(CCN2C(=O)c3ccccc3C2=O)n1)C1CC1. The summed E-state index contributed by atoms with van der Waals surface area (Å²) in [5, 5.41) is 14.9. The van der Waals surface area contributed by atoms with Crippen LogP contribution in [0.25, 0.3) is 0 Å². The fraction of sp³-hybridized carbons (Fsp3) is 0.444. The number of carbonyl (C=O) groups excluding carboxylic acids is 3. The molecule has 1 saturated carbocycles. The second-order valence-electron chi connectivity index (χ2n) is 6.99. The van der Waals surface area contributed by atoms with E-state index in [1.165, 1.54) is 9.70 Å². The first-order valence-corrected chi connectivity index (χ1v) is 9.04. The van der Waals surface area contributed by atoms with Crippen LogP contribution in [0.15, 0.2) is 24.3 Å². The van der Waals surface area contributed by atoms with E-state index in [4.69, 9.17) is 0 Å². The second kappa shape index (κ2) is 6.90. The summed E-state index contributed by atoms with van der Waals surface area (Å²) in [6.07, 6.45) is 2.60. The van der Waals surface area contributed by atoms with Gasteiger partial charge in [0.15, 0.2) is 5.82 Å². The van der Waals surface area contributed by atoms with Gasteiger partial charge in [0.25, 0.3) is 11.8 Å². The third kappa shape index (κ3) is 3.57. The lowest BCUT2D eigenvalue weighted by Gasteiger charge is -2.12. The van der Waals surface area contributed by atoms with Crippen molar-refractivity contribution in [2.24, 2.45) is 5.92 Å². The fourth-order valence-electron chi connectivity index (χ4n) is 3.24. The zero-order chi connectivity index (χ0) is 19.0. The Morgan fingerprint density at radius 1 is 1.22 bits per heavy atom. The molecule has 0 saturated heterocycles. The lowest BCUT2D eigenvalue weighted by atomic mass is 10.1. The molecule has 0 bridgehead atoms. The third-order valence-corrected chi connectivity index (χ3v) is 4.93. The Hall–Kier alpha value is -3.10. The number of hydrogen-bond donors (Lipinski definition) is 1. The molecule has 3 amide bonds. The molecule has 9 heteroatoms. The van der Waals surface area contributed by atoms with Crippen molar-refractivity contribution in [3.05, 3.63) is 41.2 Å². The smallest absolute Gasteiger partial charge is 0.261 e. The standard InChI is InChI=1S/C18H20N6O3/c1-11(12-6-7-12)19-16(25)10-24-21-15(20-22-24)8-9-23-17(26)13-4-2-3-5-14(13)18(23)27/h2-5,11-12H,6-10H2,1H3,(H,19,25)/t11-/m0/s1. The first-order valence-electron chi connectivity index (χ1n) is 9.04. The van der Waals surface area contributed by atoms with Crippen LogP contribution in [0.3, 0.4) is 0 Å². The molecular formula is C18H20N6O3.